The highest BCUT2D eigenvalue weighted by Gasteiger charge is 2.02. The fourth-order valence-corrected chi connectivity index (χ4v) is 4.93. The molecule has 184 valence electrons. The Morgan fingerprint density at radius 2 is 1.50 bits per heavy atom. The second kappa shape index (κ2) is 15.2. The molecule has 3 N–H and O–H groups in total. The van der Waals surface area contributed by atoms with Crippen LogP contribution in [0.3, 0.4) is 0 Å². The number of nitrogens with zero attached hydrogens (tertiary/aromatic N) is 3. The Balaban J connectivity index is 0.000000274. The number of nitrogens with one attached hydrogen (secondary N) is 3. The Morgan fingerprint density at radius 3 is 1.94 bits per heavy atom. The summed E-state index contributed by atoms with van der Waals surface area (Å²) in [5.74, 6) is 1.26. The van der Waals surface area contributed by atoms with Gasteiger partial charge < -0.3 is 9.97 Å². The summed E-state index contributed by atoms with van der Waals surface area (Å²) in [4.78, 5) is 42.4. The van der Waals surface area contributed by atoms with Gasteiger partial charge in [0.2, 0.25) is 0 Å². The van der Waals surface area contributed by atoms with E-state index in [1.807, 2.05) is 31.5 Å². The third-order valence-electron chi connectivity index (χ3n) is 3.57. The lowest BCUT2D eigenvalue weighted by molar-refractivity contribution is 0.904. The van der Waals surface area contributed by atoms with Gasteiger partial charge in [-0.25, -0.2) is 15.0 Å². The molecule has 0 spiro atoms. The van der Waals surface area contributed by atoms with E-state index in [0.29, 0.717) is 15.8 Å². The van der Waals surface area contributed by atoms with Crippen LogP contribution in [0.4, 0.5) is 0 Å². The number of aromatic nitrogens is 6. The Bertz CT molecular complexity index is 1320. The lowest BCUT2D eigenvalue weighted by Crippen LogP contribution is -2.08. The van der Waals surface area contributed by atoms with Crippen LogP contribution in [-0.2, 0) is 11.6 Å². The maximum absolute atomic E-state index is 11.2. The van der Waals surface area contributed by atoms with Crippen molar-refractivity contribution >= 4 is 70.7 Å². The van der Waals surface area contributed by atoms with Crippen LogP contribution in [0, 0.1) is 32.5 Å². The highest BCUT2D eigenvalue weighted by atomic mass is 35.5. The molecule has 0 amide bonds. The van der Waals surface area contributed by atoms with Gasteiger partial charge in [0.1, 0.15) is 0 Å². The zero-order valence-corrected chi connectivity index (χ0v) is 23.6. The SMILES string of the molecule is Cc1cc(=O)[nH]c(=S)[nH]1.Cc1cc(=O)[nH]c(SCc2csc(C)n2)n1.Cc1nc(CCl)cs1.Cl. The first-order chi connectivity index (χ1) is 15.6. The van der Waals surface area contributed by atoms with Crippen molar-refractivity contribution in [2.45, 2.75) is 44.5 Å². The van der Waals surface area contributed by atoms with E-state index in [1.165, 1.54) is 23.9 Å². The number of alkyl halides is 1. The molecule has 0 fully saturated rings. The van der Waals surface area contributed by atoms with Gasteiger partial charge in [0.15, 0.2) is 9.93 Å². The van der Waals surface area contributed by atoms with Gasteiger partial charge in [-0.3, -0.25) is 14.6 Å². The van der Waals surface area contributed by atoms with E-state index in [0.717, 1.165) is 38.5 Å². The topological polar surface area (TPSA) is 120 Å². The second-order valence-corrected chi connectivity index (χ2v) is 10.4. The van der Waals surface area contributed by atoms with E-state index >= 15 is 0 Å². The maximum atomic E-state index is 11.2. The molecule has 4 heterocycles. The summed E-state index contributed by atoms with van der Waals surface area (Å²) in [6.07, 6.45) is 0. The number of thiazole rings is 2. The molecule has 34 heavy (non-hydrogen) atoms. The van der Waals surface area contributed by atoms with Gasteiger partial charge in [0, 0.05) is 40.0 Å². The summed E-state index contributed by atoms with van der Waals surface area (Å²) in [7, 11) is 0. The van der Waals surface area contributed by atoms with E-state index in [4.69, 9.17) is 11.6 Å². The smallest absolute Gasteiger partial charge is 0.251 e. The molecule has 0 saturated heterocycles. The van der Waals surface area contributed by atoms with Crippen LogP contribution >= 0.6 is 70.7 Å². The molecule has 0 saturated carbocycles. The van der Waals surface area contributed by atoms with Crippen molar-refractivity contribution in [3.63, 3.8) is 0 Å². The molecule has 0 aliphatic rings. The van der Waals surface area contributed by atoms with Gasteiger partial charge in [0.05, 0.1) is 27.3 Å². The average molecular weight is 580 g/mol. The number of aryl methyl sites for hydroxylation is 4. The molecule has 0 aliphatic carbocycles. The third-order valence-corrected chi connectivity index (χ3v) is 6.60. The van der Waals surface area contributed by atoms with Gasteiger partial charge >= 0.3 is 0 Å². The maximum Gasteiger partial charge on any atom is 0.251 e. The summed E-state index contributed by atoms with van der Waals surface area (Å²) < 4.78 is 0.375. The van der Waals surface area contributed by atoms with Crippen molar-refractivity contribution in [3.8, 4) is 0 Å². The lowest BCUT2D eigenvalue weighted by Gasteiger charge is -1.99. The van der Waals surface area contributed by atoms with Crippen molar-refractivity contribution < 1.29 is 0 Å². The molecule has 0 radical (unpaired) electrons. The number of halogens is 2. The molecule has 0 unspecified atom stereocenters. The largest absolute Gasteiger partial charge is 0.336 e. The molecule has 4 aromatic rings. The highest BCUT2D eigenvalue weighted by Crippen LogP contribution is 2.19. The van der Waals surface area contributed by atoms with E-state index in [9.17, 15) is 9.59 Å². The minimum atomic E-state index is -0.156. The monoisotopic (exact) mass is 578 g/mol. The van der Waals surface area contributed by atoms with Crippen LogP contribution in [0.2, 0.25) is 0 Å². The van der Waals surface area contributed by atoms with E-state index < -0.39 is 0 Å². The number of aromatic amines is 3. The van der Waals surface area contributed by atoms with E-state index in [1.54, 1.807) is 29.6 Å². The normalized spacial score (nSPS) is 9.79. The molecule has 0 atom stereocenters. The number of hydrogen-bond donors (Lipinski definition) is 3. The van der Waals surface area contributed by atoms with Crippen LogP contribution in [0.15, 0.2) is 37.6 Å². The standard InChI is InChI=1S/C10H11N3OS2.C5H6ClNS.C5H6N2OS.ClH/c1-6-3-9(14)13-10(11-6)16-5-8-4-15-7(2)12-8;1-4-7-5(2-6)3-8-4;1-3-2-4(8)7-5(9)6-3;/h3-4H,5H2,1-2H3,(H,11,13,14);3H,2H2,1H3;2H,1H3,(H2,6,7,8,9);1H. The Hall–Kier alpha value is -1.83. The molecule has 0 aromatic carbocycles. The van der Waals surface area contributed by atoms with Crippen molar-refractivity contribution in [1.82, 2.24) is 29.9 Å². The van der Waals surface area contributed by atoms with Crippen LogP contribution < -0.4 is 11.1 Å². The molecular weight excluding hydrogens is 555 g/mol. The highest BCUT2D eigenvalue weighted by molar-refractivity contribution is 7.98. The molecular formula is C20H24Cl2N6O2S4. The van der Waals surface area contributed by atoms with Gasteiger partial charge in [-0.05, 0) is 39.9 Å². The zero-order chi connectivity index (χ0) is 24.4. The van der Waals surface area contributed by atoms with Crippen LogP contribution in [0.25, 0.3) is 0 Å². The van der Waals surface area contributed by atoms with Crippen LogP contribution in [0.5, 0.6) is 0 Å². The predicted molar refractivity (Wildman–Crippen MR) is 147 cm³/mol. The van der Waals surface area contributed by atoms with Gasteiger partial charge in [-0.2, -0.15) is 0 Å². The molecule has 8 nitrogen and oxygen atoms in total. The second-order valence-electron chi connectivity index (χ2n) is 6.60. The van der Waals surface area contributed by atoms with Crippen LogP contribution in [-0.4, -0.2) is 29.9 Å². The summed E-state index contributed by atoms with van der Waals surface area (Å²) in [6.45, 7) is 7.55. The average Bonchev–Trinajstić information content (AvgIpc) is 3.33. The van der Waals surface area contributed by atoms with Crippen molar-refractivity contribution in [1.29, 1.82) is 0 Å². The summed E-state index contributed by atoms with van der Waals surface area (Å²) >= 11 is 14.9. The molecule has 14 heteroatoms. The molecule has 0 bridgehead atoms. The Labute approximate surface area is 225 Å². The predicted octanol–water partition coefficient (Wildman–Crippen LogP) is 5.49. The minimum Gasteiger partial charge on any atom is -0.336 e. The number of thioether (sulfide) groups is 1. The first-order valence-corrected chi connectivity index (χ1v) is 13.2. The van der Waals surface area contributed by atoms with E-state index in [2.05, 4.69) is 42.1 Å². The van der Waals surface area contributed by atoms with Gasteiger partial charge in [0.25, 0.3) is 11.1 Å². The van der Waals surface area contributed by atoms with Crippen molar-refractivity contribution in [2.24, 2.45) is 0 Å². The molecule has 4 aromatic heterocycles. The molecule has 0 aliphatic heterocycles. The zero-order valence-electron chi connectivity index (χ0n) is 18.8. The lowest BCUT2D eigenvalue weighted by atomic mass is 10.5. The Kier molecular flexibility index (Phi) is 13.5. The number of H-pyrrole nitrogens is 3. The summed E-state index contributed by atoms with van der Waals surface area (Å²) in [5, 5.41) is 6.79. The van der Waals surface area contributed by atoms with Gasteiger partial charge in [-0.1, -0.05) is 11.8 Å². The number of rotatable bonds is 4. The van der Waals surface area contributed by atoms with E-state index in [-0.39, 0.29) is 23.5 Å². The summed E-state index contributed by atoms with van der Waals surface area (Å²) in [5.41, 5.74) is 3.26. The summed E-state index contributed by atoms with van der Waals surface area (Å²) in [6, 6.07) is 2.94. The number of hydrogen-bond acceptors (Lipinski definition) is 9. The van der Waals surface area contributed by atoms with Crippen LogP contribution in [0.1, 0.15) is 32.8 Å². The minimum absolute atomic E-state index is 0. The van der Waals surface area contributed by atoms with Crippen molar-refractivity contribution in [2.75, 3.05) is 0 Å². The Morgan fingerprint density at radius 1 is 0.912 bits per heavy atom. The molecule has 4 rings (SSSR count). The fourth-order valence-electron chi connectivity index (χ4n) is 2.30. The van der Waals surface area contributed by atoms with Crippen molar-refractivity contribution in [3.05, 3.63) is 81.2 Å². The third kappa shape index (κ3) is 11.5. The fraction of sp³-hybridized carbons (Fsp3) is 0.300. The quantitative estimate of drug-likeness (QED) is 0.127. The first kappa shape index (κ1) is 30.2. The first-order valence-electron chi connectivity index (χ1n) is 9.53. The van der Waals surface area contributed by atoms with Gasteiger partial charge in [-0.15, -0.1) is 46.7 Å².